The number of nitrogen functional groups attached to an aromatic ring is 1. The Balaban J connectivity index is 0.000000210. The number of nitrogens with one attached hydrogen (secondary N) is 2. The average Bonchev–Trinajstić information content (AvgIpc) is 3.06. The van der Waals surface area contributed by atoms with Crippen molar-refractivity contribution in [2.75, 3.05) is 11.4 Å². The number of ketones is 1. The standard InChI is InChI=1S/C19H22N2O3.C16H15N3O3/c1-12(20)17(22)19(18(23)24)10-4-7-16(21-19)15-9-8-13-5-2-3-6-14(13)11-15;17-15(18)11-5-4-6-12(9-11)16(22)19(10-14(20)21)13-7-2-1-3-8-13/h2-3,5-6,8-9,11-12,16,21H,4,7,10,20H2,1H3,(H,23,24);1-9H,10H2,(H3,17,18)(H,20,21)/t12-,16?,19?;/m0./s1. The summed E-state index contributed by atoms with van der Waals surface area (Å²) in [4.78, 5) is 49.2. The highest BCUT2D eigenvalue weighted by molar-refractivity contribution is 6.10. The number of nitrogens with zero attached hydrogens (tertiary/aromatic N) is 1. The van der Waals surface area contributed by atoms with Gasteiger partial charge in [0.2, 0.25) is 0 Å². The Morgan fingerprint density at radius 2 is 1.57 bits per heavy atom. The highest BCUT2D eigenvalue weighted by Crippen LogP contribution is 2.33. The smallest absolute Gasteiger partial charge is 0.331 e. The third-order valence-corrected chi connectivity index (χ3v) is 7.87. The van der Waals surface area contributed by atoms with E-state index in [2.05, 4.69) is 11.4 Å². The number of carboxylic acid groups (broad SMARTS) is 2. The summed E-state index contributed by atoms with van der Waals surface area (Å²) in [5.74, 6) is -3.33. The molecule has 11 heteroatoms. The Hall–Kier alpha value is -5.39. The lowest BCUT2D eigenvalue weighted by atomic mass is 9.79. The first-order chi connectivity index (χ1) is 21.9. The first kappa shape index (κ1) is 33.5. The van der Waals surface area contributed by atoms with E-state index >= 15 is 0 Å². The first-order valence-electron chi connectivity index (χ1n) is 14.8. The fraction of sp³-hybridized carbons (Fsp3) is 0.229. The van der Waals surface area contributed by atoms with E-state index in [0.29, 0.717) is 17.7 Å². The number of hydrogen-bond donors (Lipinski definition) is 6. The molecule has 3 atom stereocenters. The van der Waals surface area contributed by atoms with Crippen molar-refractivity contribution in [1.82, 2.24) is 5.32 Å². The number of Topliss-reactive ketones (excluding diaryl/α,β-unsaturated/α-hetero) is 1. The van der Waals surface area contributed by atoms with Gasteiger partial charge in [0.25, 0.3) is 5.91 Å². The van der Waals surface area contributed by atoms with Gasteiger partial charge in [0, 0.05) is 22.9 Å². The molecular weight excluding hydrogens is 586 g/mol. The Morgan fingerprint density at radius 3 is 2.20 bits per heavy atom. The summed E-state index contributed by atoms with van der Waals surface area (Å²) in [6.07, 6.45) is 1.72. The molecule has 2 unspecified atom stereocenters. The summed E-state index contributed by atoms with van der Waals surface area (Å²) in [5, 5.41) is 31.5. The van der Waals surface area contributed by atoms with Crippen LogP contribution in [0.25, 0.3) is 10.8 Å². The molecule has 1 saturated heterocycles. The molecule has 11 nitrogen and oxygen atoms in total. The van der Waals surface area contributed by atoms with Crippen molar-refractivity contribution >= 4 is 45.9 Å². The molecule has 4 aromatic rings. The van der Waals surface area contributed by atoms with Crippen molar-refractivity contribution in [3.8, 4) is 0 Å². The molecule has 46 heavy (non-hydrogen) atoms. The Morgan fingerprint density at radius 1 is 0.913 bits per heavy atom. The van der Waals surface area contributed by atoms with Crippen LogP contribution in [-0.2, 0) is 14.4 Å². The maximum atomic E-state index is 12.6. The Bertz CT molecular complexity index is 1760. The number of nitrogens with two attached hydrogens (primary N) is 2. The molecule has 0 saturated carbocycles. The molecular formula is C35H37N5O6. The molecule has 0 radical (unpaired) electrons. The molecule has 0 bridgehead atoms. The number of rotatable bonds is 9. The highest BCUT2D eigenvalue weighted by atomic mass is 16.4. The van der Waals surface area contributed by atoms with Crippen LogP contribution in [-0.4, -0.2) is 57.8 Å². The van der Waals surface area contributed by atoms with Gasteiger partial charge in [-0.2, -0.15) is 0 Å². The van der Waals surface area contributed by atoms with Gasteiger partial charge in [-0.1, -0.05) is 66.7 Å². The SMILES string of the molecule is C[C@H](N)C(=O)C1(C(=O)O)CCCC(c2ccc3ccccc3c2)N1.N=C(N)c1cccc(C(=O)N(CC(=O)O)c2ccccc2)c1. The summed E-state index contributed by atoms with van der Waals surface area (Å²) < 4.78 is 0. The summed E-state index contributed by atoms with van der Waals surface area (Å²) in [7, 11) is 0. The summed E-state index contributed by atoms with van der Waals surface area (Å²) in [6, 6.07) is 27.9. The molecule has 8 N–H and O–H groups in total. The van der Waals surface area contributed by atoms with Crippen LogP contribution in [0, 0.1) is 5.41 Å². The maximum absolute atomic E-state index is 12.6. The van der Waals surface area contributed by atoms with Gasteiger partial charge < -0.3 is 21.7 Å². The van der Waals surface area contributed by atoms with Crippen molar-refractivity contribution in [1.29, 1.82) is 5.41 Å². The number of carbonyl (C=O) groups excluding carboxylic acids is 2. The van der Waals surface area contributed by atoms with Gasteiger partial charge in [-0.3, -0.25) is 30.0 Å². The van der Waals surface area contributed by atoms with Crippen molar-refractivity contribution in [2.45, 2.75) is 43.8 Å². The molecule has 1 heterocycles. The molecule has 1 aliphatic rings. The zero-order chi connectivity index (χ0) is 33.4. The number of amides is 1. The molecule has 0 aliphatic carbocycles. The van der Waals surface area contributed by atoms with Crippen LogP contribution in [0.2, 0.25) is 0 Å². The number of amidine groups is 1. The van der Waals surface area contributed by atoms with Crippen LogP contribution in [0.4, 0.5) is 5.69 Å². The van der Waals surface area contributed by atoms with Gasteiger partial charge >= 0.3 is 11.9 Å². The number of carbonyl (C=O) groups is 4. The monoisotopic (exact) mass is 623 g/mol. The lowest BCUT2D eigenvalue weighted by molar-refractivity contribution is -0.152. The third-order valence-electron chi connectivity index (χ3n) is 7.87. The van der Waals surface area contributed by atoms with Crippen LogP contribution in [0.3, 0.4) is 0 Å². The largest absolute Gasteiger partial charge is 0.480 e. The second-order valence-electron chi connectivity index (χ2n) is 11.2. The quantitative estimate of drug-likeness (QED) is 0.0902. The summed E-state index contributed by atoms with van der Waals surface area (Å²) in [6.45, 7) is 1.08. The molecule has 0 spiro atoms. The second-order valence-corrected chi connectivity index (χ2v) is 11.2. The van der Waals surface area contributed by atoms with Crippen molar-refractivity contribution < 1.29 is 29.4 Å². The predicted octanol–water partition coefficient (Wildman–Crippen LogP) is 4.10. The summed E-state index contributed by atoms with van der Waals surface area (Å²) >= 11 is 0. The predicted molar refractivity (Wildman–Crippen MR) is 176 cm³/mol. The topological polar surface area (TPSA) is 200 Å². The van der Waals surface area contributed by atoms with E-state index in [-0.39, 0.29) is 23.9 Å². The molecule has 1 amide bonds. The minimum atomic E-state index is -1.59. The molecule has 1 aliphatic heterocycles. The van der Waals surface area contributed by atoms with Gasteiger partial charge in [0.1, 0.15) is 12.4 Å². The van der Waals surface area contributed by atoms with E-state index < -0.39 is 41.8 Å². The highest BCUT2D eigenvalue weighted by Gasteiger charge is 2.50. The minimum absolute atomic E-state index is 0.154. The van der Waals surface area contributed by atoms with E-state index in [1.807, 2.05) is 36.4 Å². The van der Waals surface area contributed by atoms with Crippen LogP contribution < -0.4 is 21.7 Å². The van der Waals surface area contributed by atoms with Crippen LogP contribution in [0.15, 0.2) is 97.1 Å². The minimum Gasteiger partial charge on any atom is -0.480 e. The Kier molecular flexibility index (Phi) is 10.6. The van der Waals surface area contributed by atoms with Crippen molar-refractivity contribution in [3.63, 3.8) is 0 Å². The van der Waals surface area contributed by atoms with Crippen molar-refractivity contribution in [3.05, 3.63) is 114 Å². The average molecular weight is 624 g/mol. The molecule has 1 fully saturated rings. The van der Waals surface area contributed by atoms with Gasteiger partial charge in [-0.05, 0) is 72.9 Å². The van der Waals surface area contributed by atoms with Gasteiger partial charge in [0.05, 0.1) is 6.04 Å². The maximum Gasteiger partial charge on any atom is 0.331 e. The molecule has 5 rings (SSSR count). The van der Waals surface area contributed by atoms with E-state index in [1.165, 1.54) is 17.9 Å². The van der Waals surface area contributed by atoms with Crippen LogP contribution in [0.1, 0.15) is 53.7 Å². The molecule has 4 aromatic carbocycles. The second kappa shape index (κ2) is 14.6. The first-order valence-corrected chi connectivity index (χ1v) is 14.8. The number of hydrogen-bond acceptors (Lipinski definition) is 7. The number of fused-ring (bicyclic) bond motifs is 1. The molecule has 0 aromatic heterocycles. The van der Waals surface area contributed by atoms with E-state index in [0.717, 1.165) is 22.8 Å². The zero-order valence-corrected chi connectivity index (χ0v) is 25.4. The Labute approximate surface area is 266 Å². The van der Waals surface area contributed by atoms with Gasteiger partial charge in [0.15, 0.2) is 11.3 Å². The number of aliphatic carboxylic acids is 2. The lowest BCUT2D eigenvalue weighted by Crippen LogP contribution is -2.64. The number of anilines is 1. The normalized spacial score (nSPS) is 18.0. The van der Waals surface area contributed by atoms with Gasteiger partial charge in [-0.25, -0.2) is 4.79 Å². The van der Waals surface area contributed by atoms with E-state index in [1.54, 1.807) is 48.5 Å². The summed E-state index contributed by atoms with van der Waals surface area (Å²) in [5.41, 5.74) is 11.7. The van der Waals surface area contributed by atoms with Crippen molar-refractivity contribution in [2.24, 2.45) is 11.5 Å². The zero-order valence-electron chi connectivity index (χ0n) is 25.4. The molecule has 238 valence electrons. The lowest BCUT2D eigenvalue weighted by Gasteiger charge is -2.39. The van der Waals surface area contributed by atoms with Crippen LogP contribution in [0.5, 0.6) is 0 Å². The van der Waals surface area contributed by atoms with E-state index in [4.69, 9.17) is 22.0 Å². The fourth-order valence-electron chi connectivity index (χ4n) is 5.54. The number of para-hydroxylation sites is 1. The number of piperidine rings is 1. The number of benzene rings is 4. The van der Waals surface area contributed by atoms with Gasteiger partial charge in [-0.15, -0.1) is 0 Å². The van der Waals surface area contributed by atoms with Crippen LogP contribution >= 0.6 is 0 Å². The van der Waals surface area contributed by atoms with E-state index in [9.17, 15) is 24.3 Å². The third kappa shape index (κ3) is 7.63. The number of carboxylic acids is 2. The fourth-order valence-corrected chi connectivity index (χ4v) is 5.54.